The summed E-state index contributed by atoms with van der Waals surface area (Å²) in [5.74, 6) is -4.51. The molecule has 0 aliphatic carbocycles. The highest BCUT2D eigenvalue weighted by Gasteiger charge is 2.26. The monoisotopic (exact) mass is 465 g/mol. The molecule has 10 nitrogen and oxygen atoms in total. The number of nitrogens with one attached hydrogen (secondary N) is 2. The summed E-state index contributed by atoms with van der Waals surface area (Å²) in [5, 5.41) is 3.24. The fourth-order valence-corrected chi connectivity index (χ4v) is 3.44. The Bertz CT molecular complexity index is 1120. The first kappa shape index (κ1) is 24.6. The minimum absolute atomic E-state index is 0.122. The van der Waals surface area contributed by atoms with Crippen molar-refractivity contribution in [2.24, 2.45) is 0 Å². The van der Waals surface area contributed by atoms with Crippen molar-refractivity contribution in [2.45, 2.75) is 24.8 Å². The van der Waals surface area contributed by atoms with Crippen molar-refractivity contribution in [2.75, 3.05) is 12.4 Å². The summed E-state index contributed by atoms with van der Waals surface area (Å²) in [5.41, 5.74) is 0.842. The summed E-state index contributed by atoms with van der Waals surface area (Å²) in [6.07, 6.45) is -0.947. The van der Waals surface area contributed by atoms with Gasteiger partial charge in [-0.3, -0.25) is 24.0 Å². The van der Waals surface area contributed by atoms with Crippen LogP contribution in [-0.2, 0) is 40.6 Å². The van der Waals surface area contributed by atoms with Gasteiger partial charge in [-0.05, 0) is 42.0 Å². The number of hydrogen-bond acceptors (Lipinski definition) is 7. The number of nitrogens with zero attached hydrogens (tertiary/aromatic N) is 1. The Labute approximate surface area is 183 Å². The van der Waals surface area contributed by atoms with Crippen molar-refractivity contribution in [1.82, 2.24) is 9.79 Å². The number of amides is 3. The molecule has 0 radical (unpaired) electrons. The quantitative estimate of drug-likeness (QED) is 0.322. The number of rotatable bonds is 9. The van der Waals surface area contributed by atoms with Crippen LogP contribution in [0.1, 0.15) is 18.9 Å². The van der Waals surface area contributed by atoms with E-state index in [1.54, 1.807) is 4.72 Å². The Morgan fingerprint density at radius 2 is 1.59 bits per heavy atom. The van der Waals surface area contributed by atoms with Crippen LogP contribution in [0.3, 0.4) is 0 Å². The van der Waals surface area contributed by atoms with Gasteiger partial charge in [0.15, 0.2) is 0 Å². The van der Waals surface area contributed by atoms with Gasteiger partial charge in [0.25, 0.3) is 15.9 Å². The molecule has 0 spiro atoms. The lowest BCUT2D eigenvalue weighted by molar-refractivity contribution is -0.180. The predicted octanol–water partition coefficient (Wildman–Crippen LogP) is 1.14. The second kappa shape index (κ2) is 10.6. The summed E-state index contributed by atoms with van der Waals surface area (Å²) in [6, 6.07) is 10.0. The van der Waals surface area contributed by atoms with E-state index in [1.165, 1.54) is 50.4 Å². The van der Waals surface area contributed by atoms with Gasteiger partial charge in [-0.2, -0.15) is 0 Å². The first-order valence-corrected chi connectivity index (χ1v) is 10.6. The van der Waals surface area contributed by atoms with Crippen molar-refractivity contribution in [1.29, 1.82) is 0 Å². The maximum absolute atomic E-state index is 13.0. The summed E-state index contributed by atoms with van der Waals surface area (Å²) >= 11 is 0. The molecule has 32 heavy (non-hydrogen) atoms. The third-order valence-electron chi connectivity index (χ3n) is 4.02. The zero-order valence-electron chi connectivity index (χ0n) is 17.1. The largest absolute Gasteiger partial charge is 0.326 e. The number of hydrogen-bond donors (Lipinski definition) is 2. The standard InChI is InChI=1S/C20H20FN3O7S/c1-13(25)22-16-7-9-17(10-8-16)32(29,30)23-20(28)18(26)11-19(27)24(31-2)12-14-3-5-15(21)6-4-14/h3-10H,11-12H2,1-2H3,(H,22,25)(H,23,28). The second-order valence-electron chi connectivity index (χ2n) is 6.48. The van der Waals surface area contributed by atoms with Crippen LogP contribution < -0.4 is 10.0 Å². The minimum atomic E-state index is -4.39. The van der Waals surface area contributed by atoms with Crippen LogP contribution in [0.5, 0.6) is 0 Å². The van der Waals surface area contributed by atoms with E-state index in [1.807, 2.05) is 0 Å². The van der Waals surface area contributed by atoms with E-state index in [4.69, 9.17) is 4.84 Å². The third-order valence-corrected chi connectivity index (χ3v) is 5.36. The Morgan fingerprint density at radius 1 is 1.00 bits per heavy atom. The van der Waals surface area contributed by atoms with E-state index in [9.17, 15) is 32.0 Å². The average molecular weight is 465 g/mol. The van der Waals surface area contributed by atoms with Gasteiger partial charge in [-0.15, -0.1) is 0 Å². The molecule has 0 aliphatic rings. The Kier molecular flexibility index (Phi) is 8.15. The lowest BCUT2D eigenvalue weighted by Crippen LogP contribution is -2.39. The number of halogens is 1. The van der Waals surface area contributed by atoms with Gasteiger partial charge in [0.2, 0.25) is 11.7 Å². The fraction of sp³-hybridized carbons (Fsp3) is 0.200. The number of sulfonamides is 1. The summed E-state index contributed by atoms with van der Waals surface area (Å²) in [7, 11) is -3.22. The zero-order valence-corrected chi connectivity index (χ0v) is 17.9. The van der Waals surface area contributed by atoms with E-state index in [0.29, 0.717) is 11.3 Å². The second-order valence-corrected chi connectivity index (χ2v) is 8.16. The highest BCUT2D eigenvalue weighted by atomic mass is 32.2. The number of benzene rings is 2. The first-order chi connectivity index (χ1) is 15.0. The van der Waals surface area contributed by atoms with Crippen LogP contribution in [0.4, 0.5) is 10.1 Å². The van der Waals surface area contributed by atoms with Crippen molar-refractivity contribution in [3.8, 4) is 0 Å². The van der Waals surface area contributed by atoms with Gasteiger partial charge in [-0.1, -0.05) is 12.1 Å². The molecule has 0 bridgehead atoms. The number of hydroxylamine groups is 2. The van der Waals surface area contributed by atoms with Crippen LogP contribution in [-0.4, -0.2) is 44.1 Å². The molecule has 0 fully saturated rings. The lowest BCUT2D eigenvalue weighted by atomic mass is 10.2. The first-order valence-electron chi connectivity index (χ1n) is 9.08. The molecule has 0 atom stereocenters. The molecule has 0 saturated heterocycles. The topological polar surface area (TPSA) is 139 Å². The number of anilines is 1. The van der Waals surface area contributed by atoms with Crippen LogP contribution in [0.15, 0.2) is 53.4 Å². The summed E-state index contributed by atoms with van der Waals surface area (Å²) in [6.45, 7) is 1.16. The average Bonchev–Trinajstić information content (AvgIpc) is 2.72. The molecule has 0 unspecified atom stereocenters. The Balaban J connectivity index is 1.99. The van der Waals surface area contributed by atoms with Crippen LogP contribution in [0, 0.1) is 5.82 Å². The molecule has 170 valence electrons. The zero-order chi connectivity index (χ0) is 23.9. The molecule has 0 heterocycles. The maximum Gasteiger partial charge on any atom is 0.301 e. The van der Waals surface area contributed by atoms with Crippen molar-refractivity contribution in [3.63, 3.8) is 0 Å². The minimum Gasteiger partial charge on any atom is -0.326 e. The van der Waals surface area contributed by atoms with Gasteiger partial charge in [-0.25, -0.2) is 22.6 Å². The lowest BCUT2D eigenvalue weighted by Gasteiger charge is -2.19. The van der Waals surface area contributed by atoms with Crippen molar-refractivity contribution in [3.05, 3.63) is 59.9 Å². The van der Waals surface area contributed by atoms with Gasteiger partial charge in [0.1, 0.15) is 5.82 Å². The molecule has 2 aromatic carbocycles. The number of carbonyl (C=O) groups is 4. The summed E-state index contributed by atoms with van der Waals surface area (Å²) < 4.78 is 39.2. The molecule has 3 amide bonds. The van der Waals surface area contributed by atoms with E-state index in [-0.39, 0.29) is 17.3 Å². The molecular weight excluding hydrogens is 445 g/mol. The predicted molar refractivity (Wildman–Crippen MR) is 110 cm³/mol. The van der Waals surface area contributed by atoms with Crippen LogP contribution >= 0.6 is 0 Å². The van der Waals surface area contributed by atoms with Gasteiger partial charge >= 0.3 is 5.91 Å². The Morgan fingerprint density at radius 3 is 2.12 bits per heavy atom. The summed E-state index contributed by atoms with van der Waals surface area (Å²) in [4.78, 5) is 52.0. The van der Waals surface area contributed by atoms with E-state index >= 15 is 0 Å². The van der Waals surface area contributed by atoms with Crippen molar-refractivity contribution >= 4 is 39.2 Å². The molecule has 0 aromatic heterocycles. The van der Waals surface area contributed by atoms with E-state index in [2.05, 4.69) is 5.32 Å². The van der Waals surface area contributed by atoms with E-state index in [0.717, 1.165) is 17.2 Å². The third kappa shape index (κ3) is 6.96. The molecule has 2 aromatic rings. The highest BCUT2D eigenvalue weighted by Crippen LogP contribution is 2.14. The molecule has 2 N–H and O–H groups in total. The number of Topliss-reactive ketones (excluding diaryl/α,β-unsaturated/α-hetero) is 1. The van der Waals surface area contributed by atoms with E-state index < -0.39 is 39.9 Å². The van der Waals surface area contributed by atoms with Crippen LogP contribution in [0.25, 0.3) is 0 Å². The highest BCUT2D eigenvalue weighted by molar-refractivity contribution is 7.90. The maximum atomic E-state index is 13.0. The molecule has 0 saturated carbocycles. The molecule has 0 aliphatic heterocycles. The molecule has 2 rings (SSSR count). The van der Waals surface area contributed by atoms with Gasteiger partial charge in [0.05, 0.1) is 25.0 Å². The molecular formula is C20H20FN3O7S. The molecule has 12 heteroatoms. The number of carbonyl (C=O) groups excluding carboxylic acids is 4. The van der Waals surface area contributed by atoms with Gasteiger partial charge < -0.3 is 5.32 Å². The number of ketones is 1. The fourth-order valence-electron chi connectivity index (χ4n) is 2.47. The van der Waals surface area contributed by atoms with Gasteiger partial charge in [0, 0.05) is 12.6 Å². The SMILES string of the molecule is CON(Cc1ccc(F)cc1)C(=O)CC(=O)C(=O)NS(=O)(=O)c1ccc(NC(C)=O)cc1. The van der Waals surface area contributed by atoms with Crippen LogP contribution in [0.2, 0.25) is 0 Å². The van der Waals surface area contributed by atoms with Crippen molar-refractivity contribution < 1.29 is 36.8 Å². The smallest absolute Gasteiger partial charge is 0.301 e. The Hall–Kier alpha value is -3.64. The normalized spacial score (nSPS) is 10.8.